The number of methoxy groups -OCH3 is 1. The number of carbonyl (C=O) groups is 2. The van der Waals surface area contributed by atoms with Crippen LogP contribution in [0.1, 0.15) is 16.8 Å². The molecular weight excluding hydrogens is 240 g/mol. The first-order valence-corrected chi connectivity index (χ1v) is 5.24. The number of aliphatic carboxylic acids is 1. The van der Waals surface area contributed by atoms with Gasteiger partial charge in [-0.15, -0.1) is 0 Å². The number of carboxylic acid groups (broad SMARTS) is 1. The fourth-order valence-electron chi connectivity index (χ4n) is 1.33. The highest BCUT2D eigenvalue weighted by atomic mass is 16.5. The minimum absolute atomic E-state index is 0.0238. The maximum absolute atomic E-state index is 11.6. The van der Waals surface area contributed by atoms with Gasteiger partial charge in [0, 0.05) is 32.1 Å². The molecule has 0 aromatic carbocycles. The Kier molecular flexibility index (Phi) is 5.06. The summed E-state index contributed by atoms with van der Waals surface area (Å²) < 4.78 is 4.90. The number of hydrogen-bond donors (Lipinski definition) is 3. The molecule has 7 heteroatoms. The normalized spacial score (nSPS) is 11.8. The van der Waals surface area contributed by atoms with Gasteiger partial charge in [-0.2, -0.15) is 0 Å². The molecule has 18 heavy (non-hydrogen) atoms. The zero-order valence-electron chi connectivity index (χ0n) is 9.80. The fourth-order valence-corrected chi connectivity index (χ4v) is 1.33. The zero-order valence-corrected chi connectivity index (χ0v) is 9.80. The summed E-state index contributed by atoms with van der Waals surface area (Å²) >= 11 is 0. The van der Waals surface area contributed by atoms with Crippen molar-refractivity contribution in [3.05, 3.63) is 34.2 Å². The third-order valence-electron chi connectivity index (χ3n) is 2.29. The Morgan fingerprint density at radius 3 is 2.83 bits per heavy atom. The number of pyridine rings is 1. The van der Waals surface area contributed by atoms with E-state index in [-0.39, 0.29) is 18.5 Å². The SMILES string of the molecule is COC(CNC(=O)c1c[nH]ccc1=O)CC(=O)O. The summed E-state index contributed by atoms with van der Waals surface area (Å²) in [6.07, 6.45) is 1.86. The Labute approximate surface area is 103 Å². The highest BCUT2D eigenvalue weighted by Crippen LogP contribution is 1.96. The Balaban J connectivity index is 2.58. The quantitative estimate of drug-likeness (QED) is 0.639. The van der Waals surface area contributed by atoms with Crippen molar-refractivity contribution in [2.24, 2.45) is 0 Å². The van der Waals surface area contributed by atoms with Gasteiger partial charge in [0.15, 0.2) is 5.43 Å². The first kappa shape index (κ1) is 13.9. The summed E-state index contributed by atoms with van der Waals surface area (Å²) in [7, 11) is 1.36. The van der Waals surface area contributed by atoms with Crippen LogP contribution in [0.25, 0.3) is 0 Å². The van der Waals surface area contributed by atoms with E-state index < -0.39 is 23.4 Å². The lowest BCUT2D eigenvalue weighted by molar-refractivity contribution is -0.139. The first-order chi connectivity index (χ1) is 8.54. The summed E-state index contributed by atoms with van der Waals surface area (Å²) in [5.74, 6) is -1.59. The van der Waals surface area contributed by atoms with Crippen molar-refractivity contribution in [1.82, 2.24) is 10.3 Å². The second kappa shape index (κ2) is 6.55. The fraction of sp³-hybridized carbons (Fsp3) is 0.364. The molecule has 0 aliphatic rings. The molecule has 1 heterocycles. The van der Waals surface area contributed by atoms with E-state index in [9.17, 15) is 14.4 Å². The molecule has 1 aromatic rings. The topological polar surface area (TPSA) is 108 Å². The van der Waals surface area contributed by atoms with Crippen molar-refractivity contribution in [3.63, 3.8) is 0 Å². The van der Waals surface area contributed by atoms with Gasteiger partial charge in [-0.3, -0.25) is 14.4 Å². The lowest BCUT2D eigenvalue weighted by Gasteiger charge is -2.13. The lowest BCUT2D eigenvalue weighted by Crippen LogP contribution is -2.36. The van der Waals surface area contributed by atoms with Crippen LogP contribution in [-0.2, 0) is 9.53 Å². The number of aromatic amines is 1. The lowest BCUT2D eigenvalue weighted by atomic mass is 10.2. The highest BCUT2D eigenvalue weighted by molar-refractivity contribution is 5.93. The molecule has 1 amide bonds. The average Bonchev–Trinajstić information content (AvgIpc) is 2.34. The number of hydrogen-bond acceptors (Lipinski definition) is 4. The molecule has 1 aromatic heterocycles. The predicted molar refractivity (Wildman–Crippen MR) is 62.4 cm³/mol. The summed E-state index contributed by atoms with van der Waals surface area (Å²) in [5.41, 5.74) is -0.430. The van der Waals surface area contributed by atoms with Crippen LogP contribution in [0.15, 0.2) is 23.3 Å². The third kappa shape index (κ3) is 4.02. The van der Waals surface area contributed by atoms with Crippen LogP contribution in [-0.4, -0.2) is 41.7 Å². The van der Waals surface area contributed by atoms with Crippen molar-refractivity contribution in [2.75, 3.05) is 13.7 Å². The Morgan fingerprint density at radius 1 is 1.56 bits per heavy atom. The van der Waals surface area contributed by atoms with E-state index >= 15 is 0 Å². The van der Waals surface area contributed by atoms with Crippen LogP contribution in [0.3, 0.4) is 0 Å². The molecule has 0 fully saturated rings. The van der Waals surface area contributed by atoms with Crippen molar-refractivity contribution in [2.45, 2.75) is 12.5 Å². The number of nitrogens with one attached hydrogen (secondary N) is 2. The van der Waals surface area contributed by atoms with Crippen LogP contribution >= 0.6 is 0 Å². The van der Waals surface area contributed by atoms with Crippen LogP contribution < -0.4 is 10.7 Å². The van der Waals surface area contributed by atoms with Gasteiger partial charge in [0.25, 0.3) is 5.91 Å². The van der Waals surface area contributed by atoms with E-state index in [4.69, 9.17) is 9.84 Å². The molecule has 1 rings (SSSR count). The number of carboxylic acids is 1. The number of aromatic nitrogens is 1. The van der Waals surface area contributed by atoms with E-state index in [0.29, 0.717) is 0 Å². The molecule has 0 radical (unpaired) electrons. The number of ether oxygens (including phenoxy) is 1. The van der Waals surface area contributed by atoms with Crippen LogP contribution in [0.5, 0.6) is 0 Å². The van der Waals surface area contributed by atoms with Crippen LogP contribution in [0.4, 0.5) is 0 Å². The molecule has 0 spiro atoms. The second-order valence-corrected chi connectivity index (χ2v) is 3.59. The summed E-state index contributed by atoms with van der Waals surface area (Å²) in [4.78, 5) is 36.1. The molecule has 1 atom stereocenters. The van der Waals surface area contributed by atoms with Crippen molar-refractivity contribution >= 4 is 11.9 Å². The average molecular weight is 254 g/mol. The monoisotopic (exact) mass is 254 g/mol. The third-order valence-corrected chi connectivity index (χ3v) is 2.29. The van der Waals surface area contributed by atoms with Crippen molar-refractivity contribution < 1.29 is 19.4 Å². The predicted octanol–water partition coefficient (Wildman–Crippen LogP) is -0.406. The number of rotatable bonds is 6. The van der Waals surface area contributed by atoms with E-state index in [1.165, 1.54) is 25.6 Å². The van der Waals surface area contributed by atoms with Gasteiger partial charge in [-0.1, -0.05) is 0 Å². The van der Waals surface area contributed by atoms with Crippen molar-refractivity contribution in [1.29, 1.82) is 0 Å². The Bertz CT molecular complexity index is 482. The minimum atomic E-state index is -1.02. The molecule has 98 valence electrons. The van der Waals surface area contributed by atoms with Gasteiger partial charge in [0.05, 0.1) is 12.5 Å². The van der Waals surface area contributed by atoms with Gasteiger partial charge >= 0.3 is 5.97 Å². The molecule has 0 saturated carbocycles. The summed E-state index contributed by atoms with van der Waals surface area (Å²) in [5, 5.41) is 11.0. The maximum Gasteiger partial charge on any atom is 0.306 e. The number of H-pyrrole nitrogens is 1. The van der Waals surface area contributed by atoms with Gasteiger partial charge in [0.2, 0.25) is 0 Å². The first-order valence-electron chi connectivity index (χ1n) is 5.24. The van der Waals surface area contributed by atoms with Gasteiger partial charge in [0.1, 0.15) is 5.56 Å². The second-order valence-electron chi connectivity index (χ2n) is 3.59. The molecule has 7 nitrogen and oxygen atoms in total. The standard InChI is InChI=1S/C11H14N2O5/c1-18-7(4-10(15)16)5-13-11(17)8-6-12-3-2-9(8)14/h2-3,6-7H,4-5H2,1H3,(H,12,14)(H,13,17)(H,15,16). The van der Waals surface area contributed by atoms with Crippen LogP contribution in [0.2, 0.25) is 0 Å². The van der Waals surface area contributed by atoms with E-state index in [0.717, 1.165) is 0 Å². The minimum Gasteiger partial charge on any atom is -0.481 e. The van der Waals surface area contributed by atoms with Crippen LogP contribution in [0, 0.1) is 0 Å². The van der Waals surface area contributed by atoms with E-state index in [1.807, 2.05) is 0 Å². The molecule has 0 aliphatic heterocycles. The van der Waals surface area contributed by atoms with Gasteiger partial charge in [-0.05, 0) is 0 Å². The molecule has 0 bridgehead atoms. The van der Waals surface area contributed by atoms with Crippen molar-refractivity contribution in [3.8, 4) is 0 Å². The maximum atomic E-state index is 11.6. The molecule has 3 N–H and O–H groups in total. The van der Waals surface area contributed by atoms with Gasteiger partial charge in [-0.25, -0.2) is 0 Å². The zero-order chi connectivity index (χ0) is 13.5. The smallest absolute Gasteiger partial charge is 0.306 e. The number of amides is 1. The molecule has 1 unspecified atom stereocenters. The van der Waals surface area contributed by atoms with E-state index in [2.05, 4.69) is 10.3 Å². The Hall–Kier alpha value is -2.15. The summed E-state index contributed by atoms with van der Waals surface area (Å²) in [6, 6.07) is 1.24. The number of carbonyl (C=O) groups excluding carboxylic acids is 1. The van der Waals surface area contributed by atoms with E-state index in [1.54, 1.807) is 0 Å². The highest BCUT2D eigenvalue weighted by Gasteiger charge is 2.15. The largest absolute Gasteiger partial charge is 0.481 e. The Morgan fingerprint density at radius 2 is 2.28 bits per heavy atom. The molecule has 0 aliphatic carbocycles. The molecule has 0 saturated heterocycles. The summed E-state index contributed by atoms with van der Waals surface area (Å²) in [6.45, 7) is 0.0238. The molecular formula is C11H14N2O5. The van der Waals surface area contributed by atoms with Gasteiger partial charge < -0.3 is 20.1 Å².